The number of aryl methyl sites for hydroxylation is 1. The molecule has 0 unspecified atom stereocenters. The van der Waals surface area contributed by atoms with E-state index >= 15 is 0 Å². The number of nitrogens with zero attached hydrogens (tertiary/aromatic N) is 2. The summed E-state index contributed by atoms with van der Waals surface area (Å²) in [6.07, 6.45) is 8.33. The molecular weight excluding hydrogens is 605 g/mol. The van der Waals surface area contributed by atoms with Gasteiger partial charge in [-0.2, -0.15) is 29.8 Å². The summed E-state index contributed by atoms with van der Waals surface area (Å²) in [5.41, 5.74) is 2.96. The van der Waals surface area contributed by atoms with E-state index in [9.17, 15) is 38.9 Å². The molecule has 0 bridgehead atoms. The maximum absolute atomic E-state index is 11.9. The van der Waals surface area contributed by atoms with Crippen LogP contribution in [0, 0.1) is 6.92 Å². The van der Waals surface area contributed by atoms with Crippen LogP contribution in [0.25, 0.3) is 0 Å². The van der Waals surface area contributed by atoms with Crippen molar-refractivity contribution in [2.45, 2.75) is 50.3 Å². The Bertz CT molecular complexity index is 1920. The highest BCUT2D eigenvalue weighted by Crippen LogP contribution is 2.48. The highest BCUT2D eigenvalue weighted by atomic mass is 32.2. The van der Waals surface area contributed by atoms with Crippen molar-refractivity contribution in [3.63, 3.8) is 0 Å². The first-order chi connectivity index (χ1) is 19.1. The Morgan fingerprint density at radius 3 is 2.07 bits per heavy atom. The van der Waals surface area contributed by atoms with Gasteiger partial charge in [-0.25, -0.2) is 0 Å². The number of rotatable bonds is 8. The zero-order valence-corrected chi connectivity index (χ0v) is 26.1. The van der Waals surface area contributed by atoms with Gasteiger partial charge in [0.2, 0.25) is 5.69 Å². The Kier molecular flexibility index (Phi) is 7.98. The molecule has 0 saturated carbocycles. The van der Waals surface area contributed by atoms with E-state index in [1.54, 1.807) is 49.1 Å². The summed E-state index contributed by atoms with van der Waals surface area (Å²) in [5, 5.41) is 0. The summed E-state index contributed by atoms with van der Waals surface area (Å²) in [6, 6.07) is 9.46. The summed E-state index contributed by atoms with van der Waals surface area (Å²) in [7, 11) is -13.3. The summed E-state index contributed by atoms with van der Waals surface area (Å²) < 4.78 is 101. The third kappa shape index (κ3) is 6.28. The fraction of sp³-hybridized carbons (Fsp3) is 0.321. The molecule has 0 saturated heterocycles. The molecule has 4 rings (SSSR count). The molecule has 0 atom stereocenters. The number of allylic oxidation sites excluding steroid dienone is 6. The second-order valence-electron chi connectivity index (χ2n) is 11.4. The lowest BCUT2D eigenvalue weighted by Crippen LogP contribution is -2.30. The Balaban J connectivity index is 1.73. The zero-order valence-electron chi connectivity index (χ0n) is 23.7. The summed E-state index contributed by atoms with van der Waals surface area (Å²) >= 11 is 0. The number of fused-ring (bicyclic) bond motifs is 2. The van der Waals surface area contributed by atoms with Gasteiger partial charge in [-0.15, -0.1) is 0 Å². The van der Waals surface area contributed by atoms with E-state index in [4.69, 9.17) is 0 Å². The normalized spacial score (nSPS) is 19.3. The molecule has 42 heavy (non-hydrogen) atoms. The van der Waals surface area contributed by atoms with Crippen LogP contribution >= 0.6 is 0 Å². The van der Waals surface area contributed by atoms with Crippen LogP contribution < -0.4 is 4.90 Å². The molecule has 2 aliphatic heterocycles. The molecule has 11 nitrogen and oxygen atoms in total. The van der Waals surface area contributed by atoms with Crippen LogP contribution in [-0.4, -0.2) is 61.0 Å². The lowest BCUT2D eigenvalue weighted by Gasteiger charge is -2.25. The van der Waals surface area contributed by atoms with Gasteiger partial charge in [0, 0.05) is 34.5 Å². The molecule has 2 aromatic carbocycles. The van der Waals surface area contributed by atoms with Crippen molar-refractivity contribution in [1.29, 1.82) is 0 Å². The van der Waals surface area contributed by atoms with Gasteiger partial charge >= 0.3 is 10.1 Å². The quantitative estimate of drug-likeness (QED) is 0.218. The van der Waals surface area contributed by atoms with Crippen LogP contribution in [0.4, 0.5) is 11.4 Å². The van der Waals surface area contributed by atoms with Crippen LogP contribution in [0.2, 0.25) is 0 Å². The smallest absolute Gasteiger partial charge is 0.326 e. The van der Waals surface area contributed by atoms with Crippen LogP contribution in [-0.2, 0) is 41.2 Å². The van der Waals surface area contributed by atoms with Crippen LogP contribution in [0.3, 0.4) is 0 Å². The van der Waals surface area contributed by atoms with E-state index < -0.39 is 52.9 Å². The number of hydrogen-bond donors (Lipinski definition) is 3. The maximum atomic E-state index is 11.9. The predicted molar refractivity (Wildman–Crippen MR) is 160 cm³/mol. The monoisotopic (exact) mass is 637 g/mol. The molecule has 0 spiro atoms. The summed E-state index contributed by atoms with van der Waals surface area (Å²) in [6.45, 7) is 9.34. The molecule has 0 radical (unpaired) electrons. The summed E-state index contributed by atoms with van der Waals surface area (Å²) in [4.78, 5) is 1.20. The summed E-state index contributed by atoms with van der Waals surface area (Å²) in [5.74, 6) is -1.40. The molecular formula is C28H33N2O9S3+. The highest BCUT2D eigenvalue weighted by molar-refractivity contribution is 7.86. The van der Waals surface area contributed by atoms with Crippen molar-refractivity contribution in [3.8, 4) is 0 Å². The number of benzene rings is 2. The molecule has 2 heterocycles. The molecule has 0 aliphatic carbocycles. The van der Waals surface area contributed by atoms with Crippen LogP contribution in [0.15, 0.2) is 77.4 Å². The maximum Gasteiger partial charge on any atom is 0.326 e. The van der Waals surface area contributed by atoms with Gasteiger partial charge in [-0.1, -0.05) is 49.8 Å². The van der Waals surface area contributed by atoms with E-state index in [0.717, 1.165) is 17.2 Å². The van der Waals surface area contributed by atoms with E-state index in [1.165, 1.54) is 16.7 Å². The second-order valence-corrected chi connectivity index (χ2v) is 15.6. The predicted octanol–water partition coefficient (Wildman–Crippen LogP) is 4.10. The lowest BCUT2D eigenvalue weighted by molar-refractivity contribution is -0.416. The third-order valence-electron chi connectivity index (χ3n) is 7.52. The molecule has 2 aliphatic rings. The average molecular weight is 638 g/mol. The van der Waals surface area contributed by atoms with Crippen molar-refractivity contribution in [2.24, 2.45) is 0 Å². The van der Waals surface area contributed by atoms with Crippen molar-refractivity contribution >= 4 is 47.4 Å². The minimum absolute atomic E-state index is 0.345. The van der Waals surface area contributed by atoms with E-state index in [-0.39, 0.29) is 4.90 Å². The Labute approximate surface area is 246 Å². The first kappa shape index (κ1) is 31.8. The van der Waals surface area contributed by atoms with Crippen LogP contribution in [0.1, 0.15) is 44.4 Å². The molecule has 0 amide bonds. The molecule has 0 aromatic heterocycles. The fourth-order valence-electron chi connectivity index (χ4n) is 5.57. The topological polar surface area (TPSA) is 169 Å². The van der Waals surface area contributed by atoms with Crippen molar-refractivity contribution in [3.05, 3.63) is 89.2 Å². The van der Waals surface area contributed by atoms with E-state index in [2.05, 4.69) is 0 Å². The second kappa shape index (κ2) is 10.5. The zero-order chi connectivity index (χ0) is 31.5. The fourth-order valence-corrected chi connectivity index (χ4v) is 7.28. The van der Waals surface area contributed by atoms with Gasteiger partial charge in [-0.05, 0) is 50.6 Å². The molecule has 14 heteroatoms. The van der Waals surface area contributed by atoms with E-state index in [0.29, 0.717) is 28.3 Å². The standard InChI is InChI=1S/C28H32N2O9S3/c1-19-11-13-23-21(15-19)27(2,3)25(29(23)17-40(31,32)33)9-7-6-8-10-26-28(4,5)22-16-20(42(37,38)39)12-14-24(22)30(26)18-41(34,35)36/h6-16H,17-18H2,1-5H3,(H2-,31,32,33,34,35,36,37,38,39)/p+1. The van der Waals surface area contributed by atoms with Crippen molar-refractivity contribution in [2.75, 3.05) is 16.7 Å². The van der Waals surface area contributed by atoms with E-state index in [1.807, 2.05) is 39.0 Å². The lowest BCUT2D eigenvalue weighted by atomic mass is 9.81. The largest absolute Gasteiger partial charge is 0.327 e. The average Bonchev–Trinajstić information content (AvgIpc) is 3.15. The molecule has 226 valence electrons. The van der Waals surface area contributed by atoms with Gasteiger partial charge in [0.25, 0.3) is 26.1 Å². The third-order valence-corrected chi connectivity index (χ3v) is 9.54. The first-order valence-corrected chi connectivity index (χ1v) is 17.4. The Morgan fingerprint density at radius 2 is 1.48 bits per heavy atom. The Morgan fingerprint density at radius 1 is 0.810 bits per heavy atom. The van der Waals surface area contributed by atoms with Gasteiger partial charge in [0.1, 0.15) is 0 Å². The molecule has 3 N–H and O–H groups in total. The van der Waals surface area contributed by atoms with Gasteiger partial charge in [-0.3, -0.25) is 13.7 Å². The van der Waals surface area contributed by atoms with Crippen LogP contribution in [0.5, 0.6) is 0 Å². The highest BCUT2D eigenvalue weighted by Gasteiger charge is 2.46. The molecule has 2 aromatic rings. The SMILES string of the molecule is Cc1ccc2c(c1)C(C)(C)C(=CC=CC=CC1=[N+](CS(=O)(=O)O)c3ccc(S(=O)(=O)O)cc3C1(C)C)N2CS(=O)(=O)O. The number of anilines is 1. The molecule has 0 fully saturated rings. The van der Waals surface area contributed by atoms with Gasteiger partial charge in [0.15, 0.2) is 11.6 Å². The van der Waals surface area contributed by atoms with Crippen molar-refractivity contribution < 1.29 is 43.5 Å². The van der Waals surface area contributed by atoms with Crippen molar-refractivity contribution in [1.82, 2.24) is 0 Å². The Hall–Kier alpha value is -3.14. The first-order valence-electron chi connectivity index (χ1n) is 12.7. The minimum atomic E-state index is -4.51. The minimum Gasteiger partial charge on any atom is -0.327 e. The number of hydrogen-bond acceptors (Lipinski definition) is 7. The van der Waals surface area contributed by atoms with Gasteiger partial charge in [0.05, 0.1) is 10.3 Å². The van der Waals surface area contributed by atoms with Gasteiger partial charge < -0.3 is 4.90 Å².